The standard InChI is InChI=1S/C13H15ClN2O2/c1-10-2-3-11(12(14)8-10)13(18)16-6-4-15(9-17)5-7-16/h2-3,8-9H,4-7H2,1H3. The summed E-state index contributed by atoms with van der Waals surface area (Å²) in [6.45, 7) is 4.21. The summed E-state index contributed by atoms with van der Waals surface area (Å²) in [5.74, 6) is -0.0643. The lowest BCUT2D eigenvalue weighted by Gasteiger charge is -2.32. The minimum Gasteiger partial charge on any atom is -0.342 e. The molecule has 0 unspecified atom stereocenters. The SMILES string of the molecule is Cc1ccc(C(=O)N2CCN(C=O)CC2)c(Cl)c1. The molecule has 0 radical (unpaired) electrons. The number of amides is 2. The van der Waals surface area contributed by atoms with Crippen LogP contribution >= 0.6 is 11.6 Å². The molecule has 1 aliphatic heterocycles. The Morgan fingerprint density at radius 3 is 2.50 bits per heavy atom. The van der Waals surface area contributed by atoms with Gasteiger partial charge in [0.25, 0.3) is 5.91 Å². The van der Waals surface area contributed by atoms with Gasteiger partial charge in [-0.2, -0.15) is 0 Å². The van der Waals surface area contributed by atoms with Gasteiger partial charge in [-0.25, -0.2) is 0 Å². The second-order valence-corrected chi connectivity index (χ2v) is 4.82. The van der Waals surface area contributed by atoms with E-state index >= 15 is 0 Å². The number of hydrogen-bond donors (Lipinski definition) is 0. The zero-order valence-corrected chi connectivity index (χ0v) is 11.0. The fourth-order valence-electron chi connectivity index (χ4n) is 1.99. The quantitative estimate of drug-likeness (QED) is 0.763. The summed E-state index contributed by atoms with van der Waals surface area (Å²) in [6, 6.07) is 5.42. The third-order valence-electron chi connectivity index (χ3n) is 3.11. The molecule has 0 saturated carbocycles. The molecule has 96 valence electrons. The topological polar surface area (TPSA) is 40.6 Å². The number of halogens is 1. The molecule has 1 aromatic carbocycles. The van der Waals surface area contributed by atoms with Crippen molar-refractivity contribution in [1.29, 1.82) is 0 Å². The van der Waals surface area contributed by atoms with Gasteiger partial charge in [-0.15, -0.1) is 0 Å². The zero-order valence-electron chi connectivity index (χ0n) is 10.2. The van der Waals surface area contributed by atoms with Crippen molar-refractivity contribution in [2.45, 2.75) is 6.92 Å². The van der Waals surface area contributed by atoms with Crippen molar-refractivity contribution >= 4 is 23.9 Å². The van der Waals surface area contributed by atoms with Crippen molar-refractivity contribution in [2.75, 3.05) is 26.2 Å². The van der Waals surface area contributed by atoms with E-state index in [1.54, 1.807) is 21.9 Å². The van der Waals surface area contributed by atoms with Gasteiger partial charge in [0.1, 0.15) is 0 Å². The molecule has 1 saturated heterocycles. The van der Waals surface area contributed by atoms with Gasteiger partial charge in [0, 0.05) is 26.2 Å². The number of benzene rings is 1. The number of hydrogen-bond acceptors (Lipinski definition) is 2. The lowest BCUT2D eigenvalue weighted by atomic mass is 10.1. The summed E-state index contributed by atoms with van der Waals surface area (Å²) in [6.07, 6.45) is 0.820. The van der Waals surface area contributed by atoms with E-state index in [0.717, 1.165) is 12.0 Å². The number of aryl methyl sites for hydroxylation is 1. The van der Waals surface area contributed by atoms with E-state index in [0.29, 0.717) is 36.8 Å². The Morgan fingerprint density at radius 2 is 1.94 bits per heavy atom. The Balaban J connectivity index is 2.10. The molecule has 0 N–H and O–H groups in total. The van der Waals surface area contributed by atoms with Crippen LogP contribution in [0.15, 0.2) is 18.2 Å². The number of carbonyl (C=O) groups excluding carboxylic acids is 2. The van der Waals surface area contributed by atoms with Gasteiger partial charge in [0.2, 0.25) is 6.41 Å². The minimum absolute atomic E-state index is 0.0643. The molecule has 0 spiro atoms. The highest BCUT2D eigenvalue weighted by Gasteiger charge is 2.22. The third-order valence-corrected chi connectivity index (χ3v) is 3.42. The lowest BCUT2D eigenvalue weighted by molar-refractivity contribution is -0.119. The van der Waals surface area contributed by atoms with Gasteiger partial charge < -0.3 is 9.80 Å². The molecule has 1 heterocycles. The first-order valence-corrected chi connectivity index (χ1v) is 6.24. The molecule has 2 amide bonds. The maximum absolute atomic E-state index is 12.3. The maximum atomic E-state index is 12.3. The number of nitrogens with zero attached hydrogens (tertiary/aromatic N) is 2. The van der Waals surface area contributed by atoms with Crippen LogP contribution in [0.5, 0.6) is 0 Å². The molecule has 1 fully saturated rings. The highest BCUT2D eigenvalue weighted by atomic mass is 35.5. The Hall–Kier alpha value is -1.55. The van der Waals surface area contributed by atoms with Crippen molar-refractivity contribution in [1.82, 2.24) is 9.80 Å². The molecular weight excluding hydrogens is 252 g/mol. The predicted molar refractivity (Wildman–Crippen MR) is 69.7 cm³/mol. The summed E-state index contributed by atoms with van der Waals surface area (Å²) >= 11 is 6.09. The van der Waals surface area contributed by atoms with Crippen LogP contribution in [0.1, 0.15) is 15.9 Å². The van der Waals surface area contributed by atoms with E-state index in [2.05, 4.69) is 0 Å². The van der Waals surface area contributed by atoms with Crippen molar-refractivity contribution in [3.8, 4) is 0 Å². The first-order valence-electron chi connectivity index (χ1n) is 5.86. The molecule has 0 aromatic heterocycles. The summed E-state index contributed by atoms with van der Waals surface area (Å²) in [5.41, 5.74) is 1.56. The average Bonchev–Trinajstić information content (AvgIpc) is 2.38. The normalized spacial score (nSPS) is 15.7. The van der Waals surface area contributed by atoms with Gasteiger partial charge in [-0.1, -0.05) is 17.7 Å². The zero-order chi connectivity index (χ0) is 13.1. The van der Waals surface area contributed by atoms with Gasteiger partial charge >= 0.3 is 0 Å². The van der Waals surface area contributed by atoms with Crippen LogP contribution in [0.4, 0.5) is 0 Å². The van der Waals surface area contributed by atoms with Gasteiger partial charge in [0.15, 0.2) is 0 Å². The van der Waals surface area contributed by atoms with E-state index < -0.39 is 0 Å². The molecule has 18 heavy (non-hydrogen) atoms. The molecule has 2 rings (SSSR count). The monoisotopic (exact) mass is 266 g/mol. The molecule has 1 aliphatic rings. The van der Waals surface area contributed by atoms with E-state index in [1.165, 1.54) is 0 Å². The van der Waals surface area contributed by atoms with Crippen LogP contribution in [-0.2, 0) is 4.79 Å². The molecule has 0 aliphatic carbocycles. The van der Waals surface area contributed by atoms with E-state index in [9.17, 15) is 9.59 Å². The third kappa shape index (κ3) is 2.64. The highest BCUT2D eigenvalue weighted by Crippen LogP contribution is 2.20. The largest absolute Gasteiger partial charge is 0.342 e. The van der Waals surface area contributed by atoms with Crippen LogP contribution in [0.3, 0.4) is 0 Å². The fraction of sp³-hybridized carbons (Fsp3) is 0.385. The van der Waals surface area contributed by atoms with Crippen LogP contribution in [0, 0.1) is 6.92 Å². The van der Waals surface area contributed by atoms with Gasteiger partial charge in [0.05, 0.1) is 10.6 Å². The van der Waals surface area contributed by atoms with Crippen molar-refractivity contribution in [2.24, 2.45) is 0 Å². The smallest absolute Gasteiger partial charge is 0.255 e. The second kappa shape index (κ2) is 5.40. The predicted octanol–water partition coefficient (Wildman–Crippen LogP) is 1.56. The molecule has 1 aromatic rings. The molecular formula is C13H15ClN2O2. The molecule has 4 nitrogen and oxygen atoms in total. The first-order chi connectivity index (χ1) is 8.61. The fourth-order valence-corrected chi connectivity index (χ4v) is 2.31. The van der Waals surface area contributed by atoms with Crippen molar-refractivity contribution < 1.29 is 9.59 Å². The number of piperazine rings is 1. The summed E-state index contributed by atoms with van der Waals surface area (Å²) in [5, 5.41) is 0.484. The maximum Gasteiger partial charge on any atom is 0.255 e. The molecule has 0 bridgehead atoms. The van der Waals surface area contributed by atoms with Crippen molar-refractivity contribution in [3.63, 3.8) is 0 Å². The second-order valence-electron chi connectivity index (χ2n) is 4.42. The average molecular weight is 267 g/mol. The van der Waals surface area contributed by atoms with Gasteiger partial charge in [-0.3, -0.25) is 9.59 Å². The summed E-state index contributed by atoms with van der Waals surface area (Å²) < 4.78 is 0. The first kappa shape index (κ1) is 12.9. The highest BCUT2D eigenvalue weighted by molar-refractivity contribution is 6.33. The summed E-state index contributed by atoms with van der Waals surface area (Å²) in [7, 11) is 0. The van der Waals surface area contributed by atoms with Crippen LogP contribution in [-0.4, -0.2) is 48.3 Å². The minimum atomic E-state index is -0.0643. The van der Waals surface area contributed by atoms with E-state index in [-0.39, 0.29) is 5.91 Å². The lowest BCUT2D eigenvalue weighted by Crippen LogP contribution is -2.48. The Morgan fingerprint density at radius 1 is 1.28 bits per heavy atom. The van der Waals surface area contributed by atoms with Crippen molar-refractivity contribution in [3.05, 3.63) is 34.3 Å². The van der Waals surface area contributed by atoms with Gasteiger partial charge in [-0.05, 0) is 24.6 Å². The van der Waals surface area contributed by atoms with E-state index in [4.69, 9.17) is 11.6 Å². The number of carbonyl (C=O) groups is 2. The Labute approximate surface area is 111 Å². The van der Waals surface area contributed by atoms with Crippen LogP contribution in [0.25, 0.3) is 0 Å². The molecule has 5 heteroatoms. The van der Waals surface area contributed by atoms with Crippen LogP contribution in [0.2, 0.25) is 5.02 Å². The Kier molecular flexibility index (Phi) is 3.87. The number of rotatable bonds is 2. The summed E-state index contributed by atoms with van der Waals surface area (Å²) in [4.78, 5) is 26.3. The van der Waals surface area contributed by atoms with Crippen LogP contribution < -0.4 is 0 Å². The van der Waals surface area contributed by atoms with E-state index in [1.807, 2.05) is 13.0 Å². The Bertz CT molecular complexity index is 468. The molecule has 0 atom stereocenters.